The molecule has 0 aliphatic rings. The summed E-state index contributed by atoms with van der Waals surface area (Å²) < 4.78 is 38.1. The number of amides is 1. The first kappa shape index (κ1) is 17.3. The van der Waals surface area contributed by atoms with Gasteiger partial charge in [0.15, 0.2) is 0 Å². The molecule has 0 fully saturated rings. The highest BCUT2D eigenvalue weighted by molar-refractivity contribution is 9.10. The van der Waals surface area contributed by atoms with Gasteiger partial charge in [0.2, 0.25) is 0 Å². The number of alkyl halides is 4. The van der Waals surface area contributed by atoms with Crippen LogP contribution in [0, 0.1) is 0 Å². The van der Waals surface area contributed by atoms with Gasteiger partial charge in [-0.3, -0.25) is 4.79 Å². The Labute approximate surface area is 128 Å². The molecule has 7 heteroatoms. The summed E-state index contributed by atoms with van der Waals surface area (Å²) >= 11 is 8.63. The zero-order valence-electron chi connectivity index (χ0n) is 10.9. The Morgan fingerprint density at radius 1 is 1.40 bits per heavy atom. The molecule has 0 saturated carbocycles. The molecule has 0 saturated heterocycles. The van der Waals surface area contributed by atoms with Crippen LogP contribution in [0.5, 0.6) is 0 Å². The normalized spacial score (nSPS) is 14.8. The molecule has 2 unspecified atom stereocenters. The van der Waals surface area contributed by atoms with Gasteiger partial charge in [-0.2, -0.15) is 13.2 Å². The van der Waals surface area contributed by atoms with E-state index in [-0.39, 0.29) is 21.5 Å². The molecule has 0 aromatic heterocycles. The summed E-state index contributed by atoms with van der Waals surface area (Å²) in [7, 11) is 0. The van der Waals surface area contributed by atoms with Gasteiger partial charge >= 0.3 is 6.18 Å². The van der Waals surface area contributed by atoms with E-state index in [0.29, 0.717) is 6.42 Å². The maximum absolute atomic E-state index is 12.7. The van der Waals surface area contributed by atoms with E-state index < -0.39 is 17.6 Å². The van der Waals surface area contributed by atoms with Crippen LogP contribution in [0.3, 0.4) is 0 Å². The SMILES string of the molecule is CC(Cl)CC(C)NC(=O)c1ccc(Br)c(C(F)(F)F)c1. The van der Waals surface area contributed by atoms with Gasteiger partial charge in [0.05, 0.1) is 5.56 Å². The maximum atomic E-state index is 12.7. The predicted octanol–water partition coefficient (Wildman–Crippen LogP) is 4.60. The summed E-state index contributed by atoms with van der Waals surface area (Å²) in [5.74, 6) is -0.548. The molecule has 1 rings (SSSR count). The van der Waals surface area contributed by atoms with Crippen molar-refractivity contribution < 1.29 is 18.0 Å². The molecule has 0 radical (unpaired) electrons. The lowest BCUT2D eigenvalue weighted by atomic mass is 10.1. The third-order valence-electron chi connectivity index (χ3n) is 2.59. The number of carbonyl (C=O) groups excluding carboxylic acids is 1. The van der Waals surface area contributed by atoms with Crippen molar-refractivity contribution >= 4 is 33.4 Å². The largest absolute Gasteiger partial charge is 0.417 e. The zero-order valence-corrected chi connectivity index (χ0v) is 13.2. The van der Waals surface area contributed by atoms with Gasteiger partial charge in [0.1, 0.15) is 0 Å². The Morgan fingerprint density at radius 3 is 2.50 bits per heavy atom. The Kier molecular flexibility index (Phi) is 5.89. The van der Waals surface area contributed by atoms with Gasteiger partial charge in [-0.15, -0.1) is 11.6 Å². The van der Waals surface area contributed by atoms with Crippen LogP contribution < -0.4 is 5.32 Å². The molecule has 1 aromatic rings. The highest BCUT2D eigenvalue weighted by atomic mass is 79.9. The van der Waals surface area contributed by atoms with E-state index in [4.69, 9.17) is 11.6 Å². The van der Waals surface area contributed by atoms with Gasteiger partial charge in [0, 0.05) is 21.5 Å². The second-order valence-electron chi connectivity index (χ2n) is 4.58. The first-order valence-corrected chi connectivity index (χ1v) is 7.16. The number of rotatable bonds is 4. The van der Waals surface area contributed by atoms with E-state index in [1.807, 2.05) is 0 Å². The van der Waals surface area contributed by atoms with Gasteiger partial charge in [0.25, 0.3) is 5.91 Å². The van der Waals surface area contributed by atoms with Crippen LogP contribution in [0.25, 0.3) is 0 Å². The number of carbonyl (C=O) groups is 1. The second-order valence-corrected chi connectivity index (χ2v) is 6.18. The highest BCUT2D eigenvalue weighted by Crippen LogP contribution is 2.35. The molecule has 0 heterocycles. The average molecular weight is 373 g/mol. The first-order chi connectivity index (χ1) is 9.11. The quantitative estimate of drug-likeness (QED) is 0.769. The Bertz CT molecular complexity index is 491. The highest BCUT2D eigenvalue weighted by Gasteiger charge is 2.33. The van der Waals surface area contributed by atoms with E-state index >= 15 is 0 Å². The fourth-order valence-corrected chi connectivity index (χ4v) is 2.48. The molecule has 112 valence electrons. The Balaban J connectivity index is 2.89. The lowest BCUT2D eigenvalue weighted by Crippen LogP contribution is -2.34. The van der Waals surface area contributed by atoms with Gasteiger partial charge in [-0.25, -0.2) is 0 Å². The molecule has 0 bridgehead atoms. The standard InChI is InChI=1S/C13H14BrClF3NO/c1-7(15)5-8(2)19-12(20)9-3-4-11(14)10(6-9)13(16,17)18/h3-4,6-8H,5H2,1-2H3,(H,19,20). The van der Waals surface area contributed by atoms with Crippen LogP contribution in [-0.2, 0) is 6.18 Å². The van der Waals surface area contributed by atoms with Crippen LogP contribution in [0.2, 0.25) is 0 Å². The van der Waals surface area contributed by atoms with Crippen LogP contribution in [0.1, 0.15) is 36.2 Å². The van der Waals surface area contributed by atoms with Crippen molar-refractivity contribution in [2.24, 2.45) is 0 Å². The van der Waals surface area contributed by atoms with Crippen molar-refractivity contribution in [2.45, 2.75) is 37.9 Å². The van der Waals surface area contributed by atoms with Crippen LogP contribution in [-0.4, -0.2) is 17.3 Å². The molecular weight excluding hydrogens is 358 g/mol. The van der Waals surface area contributed by atoms with Gasteiger partial charge in [-0.1, -0.05) is 15.9 Å². The topological polar surface area (TPSA) is 29.1 Å². The molecule has 0 spiro atoms. The number of benzene rings is 1. The van der Waals surface area contributed by atoms with E-state index in [0.717, 1.165) is 6.07 Å². The summed E-state index contributed by atoms with van der Waals surface area (Å²) in [5, 5.41) is 2.50. The van der Waals surface area contributed by atoms with Crippen LogP contribution >= 0.6 is 27.5 Å². The maximum Gasteiger partial charge on any atom is 0.417 e. The minimum Gasteiger partial charge on any atom is -0.350 e. The number of hydrogen-bond acceptors (Lipinski definition) is 1. The van der Waals surface area contributed by atoms with Crippen molar-refractivity contribution in [3.63, 3.8) is 0 Å². The second kappa shape index (κ2) is 6.80. The molecule has 20 heavy (non-hydrogen) atoms. The smallest absolute Gasteiger partial charge is 0.350 e. The lowest BCUT2D eigenvalue weighted by molar-refractivity contribution is -0.138. The molecule has 0 aliphatic heterocycles. The average Bonchev–Trinajstić information content (AvgIpc) is 2.26. The van der Waals surface area contributed by atoms with E-state index in [9.17, 15) is 18.0 Å². The van der Waals surface area contributed by atoms with Crippen molar-refractivity contribution in [2.75, 3.05) is 0 Å². The summed E-state index contributed by atoms with van der Waals surface area (Å²) in [6.45, 7) is 3.53. The minimum absolute atomic E-state index is 0.0328. The van der Waals surface area contributed by atoms with E-state index in [1.165, 1.54) is 12.1 Å². The third kappa shape index (κ3) is 4.98. The summed E-state index contributed by atoms with van der Waals surface area (Å²) in [6.07, 6.45) is -3.97. The Hall–Kier alpha value is -0.750. The molecule has 1 N–H and O–H groups in total. The Morgan fingerprint density at radius 2 is 2.00 bits per heavy atom. The fourth-order valence-electron chi connectivity index (χ4n) is 1.74. The number of halogens is 5. The van der Waals surface area contributed by atoms with Gasteiger partial charge < -0.3 is 5.32 Å². The van der Waals surface area contributed by atoms with Crippen LogP contribution in [0.4, 0.5) is 13.2 Å². The monoisotopic (exact) mass is 371 g/mol. The molecule has 1 amide bonds. The third-order valence-corrected chi connectivity index (χ3v) is 3.46. The molecule has 2 atom stereocenters. The fraction of sp³-hybridized carbons (Fsp3) is 0.462. The molecule has 1 aromatic carbocycles. The number of hydrogen-bond donors (Lipinski definition) is 1. The van der Waals surface area contributed by atoms with Crippen LogP contribution in [0.15, 0.2) is 22.7 Å². The predicted molar refractivity (Wildman–Crippen MR) is 76.0 cm³/mol. The van der Waals surface area contributed by atoms with Crippen molar-refractivity contribution in [1.82, 2.24) is 5.32 Å². The first-order valence-electron chi connectivity index (χ1n) is 5.93. The molecular formula is C13H14BrClF3NO. The van der Waals surface area contributed by atoms with Crippen molar-refractivity contribution in [3.05, 3.63) is 33.8 Å². The lowest BCUT2D eigenvalue weighted by Gasteiger charge is -2.16. The van der Waals surface area contributed by atoms with Crippen molar-refractivity contribution in [1.29, 1.82) is 0 Å². The minimum atomic E-state index is -4.51. The van der Waals surface area contributed by atoms with E-state index in [2.05, 4.69) is 21.2 Å². The van der Waals surface area contributed by atoms with E-state index in [1.54, 1.807) is 13.8 Å². The van der Waals surface area contributed by atoms with Gasteiger partial charge in [-0.05, 0) is 38.5 Å². The molecule has 0 aliphatic carbocycles. The molecule has 2 nitrogen and oxygen atoms in total. The summed E-state index contributed by atoms with van der Waals surface area (Å²) in [6, 6.07) is 3.17. The summed E-state index contributed by atoms with van der Waals surface area (Å²) in [4.78, 5) is 11.9. The van der Waals surface area contributed by atoms with Crippen molar-refractivity contribution in [3.8, 4) is 0 Å². The summed E-state index contributed by atoms with van der Waals surface area (Å²) in [5.41, 5.74) is -0.905. The number of nitrogens with one attached hydrogen (secondary N) is 1. The zero-order chi connectivity index (χ0) is 15.5.